The minimum Gasteiger partial charge on any atom is -0.322 e. The zero-order chi connectivity index (χ0) is 12.4. The molecule has 1 saturated heterocycles. The van der Waals surface area contributed by atoms with Crippen LogP contribution in [0, 0.1) is 0 Å². The van der Waals surface area contributed by atoms with E-state index in [1.165, 1.54) is 0 Å². The molecule has 0 radical (unpaired) electrons. The van der Waals surface area contributed by atoms with Gasteiger partial charge in [-0.15, -0.1) is 0 Å². The van der Waals surface area contributed by atoms with Crippen LogP contribution in [0.3, 0.4) is 0 Å². The highest BCUT2D eigenvalue weighted by Crippen LogP contribution is 2.10. The SMILES string of the molecule is O=c1[nH]c2ccccc2cc1CNC1CCNC1. The molecular formula is C14H17N3O. The van der Waals surface area contributed by atoms with Crippen molar-refractivity contribution in [2.75, 3.05) is 13.1 Å². The van der Waals surface area contributed by atoms with E-state index < -0.39 is 0 Å². The molecule has 94 valence electrons. The molecule has 1 aromatic carbocycles. The summed E-state index contributed by atoms with van der Waals surface area (Å²) in [7, 11) is 0. The lowest BCUT2D eigenvalue weighted by Gasteiger charge is -2.10. The molecule has 1 atom stereocenters. The molecule has 0 aliphatic carbocycles. The van der Waals surface area contributed by atoms with Crippen molar-refractivity contribution in [2.45, 2.75) is 19.0 Å². The third kappa shape index (κ3) is 2.30. The summed E-state index contributed by atoms with van der Waals surface area (Å²) in [6.07, 6.45) is 1.13. The lowest BCUT2D eigenvalue weighted by atomic mass is 10.1. The minimum atomic E-state index is 0.00663. The number of rotatable bonds is 3. The molecule has 3 rings (SSSR count). The number of pyridine rings is 1. The Morgan fingerprint density at radius 1 is 1.33 bits per heavy atom. The maximum Gasteiger partial charge on any atom is 0.252 e. The van der Waals surface area contributed by atoms with Crippen molar-refractivity contribution < 1.29 is 0 Å². The molecule has 18 heavy (non-hydrogen) atoms. The predicted octanol–water partition coefficient (Wildman–Crippen LogP) is 0.980. The first-order valence-electron chi connectivity index (χ1n) is 6.38. The number of hydrogen-bond acceptors (Lipinski definition) is 3. The molecule has 0 spiro atoms. The fraction of sp³-hybridized carbons (Fsp3) is 0.357. The smallest absolute Gasteiger partial charge is 0.252 e. The number of H-pyrrole nitrogens is 1. The Hall–Kier alpha value is -1.65. The highest BCUT2D eigenvalue weighted by atomic mass is 16.1. The lowest BCUT2D eigenvalue weighted by molar-refractivity contribution is 0.545. The minimum absolute atomic E-state index is 0.00663. The van der Waals surface area contributed by atoms with Gasteiger partial charge in [0.15, 0.2) is 0 Å². The van der Waals surface area contributed by atoms with Crippen LogP contribution < -0.4 is 16.2 Å². The van der Waals surface area contributed by atoms with Crippen molar-refractivity contribution in [1.82, 2.24) is 15.6 Å². The van der Waals surface area contributed by atoms with Crippen LogP contribution in [-0.2, 0) is 6.54 Å². The van der Waals surface area contributed by atoms with E-state index >= 15 is 0 Å². The summed E-state index contributed by atoms with van der Waals surface area (Å²) < 4.78 is 0. The molecule has 0 amide bonds. The molecule has 0 bridgehead atoms. The largest absolute Gasteiger partial charge is 0.322 e. The summed E-state index contributed by atoms with van der Waals surface area (Å²) >= 11 is 0. The van der Waals surface area contributed by atoms with E-state index in [0.29, 0.717) is 12.6 Å². The second-order valence-electron chi connectivity index (χ2n) is 4.78. The second kappa shape index (κ2) is 4.92. The van der Waals surface area contributed by atoms with E-state index in [0.717, 1.165) is 36.0 Å². The lowest BCUT2D eigenvalue weighted by Crippen LogP contribution is -2.32. The first-order valence-corrected chi connectivity index (χ1v) is 6.38. The van der Waals surface area contributed by atoms with Gasteiger partial charge in [-0.05, 0) is 30.5 Å². The van der Waals surface area contributed by atoms with E-state index in [-0.39, 0.29) is 5.56 Å². The number of benzene rings is 1. The number of aromatic amines is 1. The first-order chi connectivity index (χ1) is 8.83. The molecule has 4 heteroatoms. The summed E-state index contributed by atoms with van der Waals surface area (Å²) in [5.74, 6) is 0. The Morgan fingerprint density at radius 2 is 2.22 bits per heavy atom. The Morgan fingerprint density at radius 3 is 3.06 bits per heavy atom. The van der Waals surface area contributed by atoms with E-state index in [9.17, 15) is 4.79 Å². The van der Waals surface area contributed by atoms with Crippen LogP contribution in [0.4, 0.5) is 0 Å². The highest BCUT2D eigenvalue weighted by Gasteiger charge is 2.13. The van der Waals surface area contributed by atoms with E-state index in [2.05, 4.69) is 15.6 Å². The Kier molecular flexibility index (Phi) is 3.13. The van der Waals surface area contributed by atoms with Crippen molar-refractivity contribution in [3.63, 3.8) is 0 Å². The van der Waals surface area contributed by atoms with Gasteiger partial charge in [0.1, 0.15) is 0 Å². The van der Waals surface area contributed by atoms with Crippen LogP contribution >= 0.6 is 0 Å². The molecule has 1 unspecified atom stereocenters. The summed E-state index contributed by atoms with van der Waals surface area (Å²) in [4.78, 5) is 14.8. The Labute approximate surface area is 105 Å². The molecule has 1 aliphatic rings. The normalized spacial score (nSPS) is 19.4. The average Bonchev–Trinajstić information content (AvgIpc) is 2.89. The molecule has 4 nitrogen and oxygen atoms in total. The van der Waals surface area contributed by atoms with Crippen LogP contribution in [0.1, 0.15) is 12.0 Å². The van der Waals surface area contributed by atoms with Gasteiger partial charge >= 0.3 is 0 Å². The van der Waals surface area contributed by atoms with Gasteiger partial charge in [-0.25, -0.2) is 0 Å². The van der Waals surface area contributed by atoms with Crippen LogP contribution in [0.25, 0.3) is 10.9 Å². The van der Waals surface area contributed by atoms with Gasteiger partial charge in [0.25, 0.3) is 5.56 Å². The third-order valence-corrected chi connectivity index (χ3v) is 3.47. The van der Waals surface area contributed by atoms with Crippen molar-refractivity contribution in [3.8, 4) is 0 Å². The van der Waals surface area contributed by atoms with Crippen LogP contribution in [0.15, 0.2) is 35.1 Å². The van der Waals surface area contributed by atoms with Crippen LogP contribution in [-0.4, -0.2) is 24.1 Å². The monoisotopic (exact) mass is 243 g/mol. The number of fused-ring (bicyclic) bond motifs is 1. The molecule has 0 saturated carbocycles. The number of nitrogens with one attached hydrogen (secondary N) is 3. The third-order valence-electron chi connectivity index (χ3n) is 3.47. The number of aromatic nitrogens is 1. The summed E-state index contributed by atoms with van der Waals surface area (Å²) in [6.45, 7) is 2.68. The maximum atomic E-state index is 11.9. The topological polar surface area (TPSA) is 56.9 Å². The molecular weight excluding hydrogens is 226 g/mol. The van der Waals surface area contributed by atoms with E-state index in [1.54, 1.807) is 0 Å². The quantitative estimate of drug-likeness (QED) is 0.753. The van der Waals surface area contributed by atoms with Crippen LogP contribution in [0.5, 0.6) is 0 Å². The van der Waals surface area contributed by atoms with E-state index in [4.69, 9.17) is 0 Å². The zero-order valence-corrected chi connectivity index (χ0v) is 10.2. The number of para-hydroxylation sites is 1. The zero-order valence-electron chi connectivity index (χ0n) is 10.2. The maximum absolute atomic E-state index is 11.9. The molecule has 1 aromatic heterocycles. The summed E-state index contributed by atoms with van der Waals surface area (Å²) in [5, 5.41) is 7.81. The first kappa shape index (κ1) is 11.4. The van der Waals surface area contributed by atoms with Crippen molar-refractivity contribution in [1.29, 1.82) is 0 Å². The Bertz CT molecular complexity index is 599. The molecule has 3 N–H and O–H groups in total. The molecule has 1 fully saturated rings. The average molecular weight is 243 g/mol. The van der Waals surface area contributed by atoms with Crippen molar-refractivity contribution >= 4 is 10.9 Å². The standard InChI is InChI=1S/C14H17N3O/c18-14-11(8-16-12-5-6-15-9-12)7-10-3-1-2-4-13(10)17-14/h1-4,7,12,15-16H,5-6,8-9H2,(H,17,18). The van der Waals surface area contributed by atoms with Gasteiger partial charge < -0.3 is 15.6 Å². The fourth-order valence-electron chi connectivity index (χ4n) is 2.41. The van der Waals surface area contributed by atoms with Crippen molar-refractivity contribution in [3.05, 3.63) is 46.2 Å². The van der Waals surface area contributed by atoms with Gasteiger partial charge in [0.05, 0.1) is 0 Å². The molecule has 1 aliphatic heterocycles. The second-order valence-corrected chi connectivity index (χ2v) is 4.78. The predicted molar refractivity (Wildman–Crippen MR) is 72.7 cm³/mol. The molecule has 2 heterocycles. The highest BCUT2D eigenvalue weighted by molar-refractivity contribution is 5.78. The summed E-state index contributed by atoms with van der Waals surface area (Å²) in [5.41, 5.74) is 1.71. The Balaban J connectivity index is 1.82. The van der Waals surface area contributed by atoms with Gasteiger partial charge in [-0.3, -0.25) is 4.79 Å². The van der Waals surface area contributed by atoms with Crippen LogP contribution in [0.2, 0.25) is 0 Å². The molecule has 2 aromatic rings. The van der Waals surface area contributed by atoms with Gasteiger partial charge in [-0.2, -0.15) is 0 Å². The van der Waals surface area contributed by atoms with Crippen molar-refractivity contribution in [2.24, 2.45) is 0 Å². The summed E-state index contributed by atoms with van der Waals surface area (Å²) in [6, 6.07) is 10.3. The van der Waals surface area contributed by atoms with E-state index in [1.807, 2.05) is 30.3 Å². The number of hydrogen-bond donors (Lipinski definition) is 3. The van der Waals surface area contributed by atoms with Gasteiger partial charge in [-0.1, -0.05) is 18.2 Å². The van der Waals surface area contributed by atoms with Gasteiger partial charge in [0, 0.05) is 30.2 Å². The fourth-order valence-corrected chi connectivity index (χ4v) is 2.41. The van der Waals surface area contributed by atoms with Gasteiger partial charge in [0.2, 0.25) is 0 Å².